The first-order chi connectivity index (χ1) is 19.0. The SMILES string of the molecule is CN1CC(=O)N(C[C@H]2CN(S(=O)(=O)c3cccc(Cl)c3)c3cc(NC(=O)c4c(Cl)cccc4Cl)cnc3O2)C1=O. The van der Waals surface area contributed by atoms with Crippen LogP contribution in [-0.2, 0) is 14.8 Å². The third kappa shape index (κ3) is 5.27. The first kappa shape index (κ1) is 28.0. The number of ether oxygens (including phenoxy) is 1. The topological polar surface area (TPSA) is 129 Å². The number of nitrogens with zero attached hydrogens (tertiary/aromatic N) is 4. The van der Waals surface area contributed by atoms with Gasteiger partial charge < -0.3 is 15.0 Å². The number of likely N-dealkylation sites (N-methyl/N-ethyl adjacent to an activating group) is 1. The van der Waals surface area contributed by atoms with E-state index in [4.69, 9.17) is 39.5 Å². The number of aromatic nitrogens is 1. The maximum absolute atomic E-state index is 13.8. The van der Waals surface area contributed by atoms with Crippen molar-refractivity contribution in [3.05, 3.63) is 75.4 Å². The standard InChI is InChI=1S/C25H20Cl3N5O6S/c1-31-13-21(34)32(25(31)36)11-16-12-33(40(37,38)17-5-2-4-14(26)8-17)20-9-15(10-29-24(20)39-16)30-23(35)22-18(27)6-3-7-19(22)28/h2-10,16H,11-13H2,1H3,(H,30,35)/t16-/m0/s1. The number of imide groups is 1. The van der Waals surface area contributed by atoms with E-state index in [1.54, 1.807) is 6.07 Å². The largest absolute Gasteiger partial charge is 0.469 e. The zero-order valence-electron chi connectivity index (χ0n) is 20.7. The molecule has 0 spiro atoms. The summed E-state index contributed by atoms with van der Waals surface area (Å²) in [7, 11) is -2.75. The third-order valence-electron chi connectivity index (χ3n) is 6.20. The Labute approximate surface area is 244 Å². The first-order valence-electron chi connectivity index (χ1n) is 11.7. The number of carbonyl (C=O) groups is 3. The summed E-state index contributed by atoms with van der Waals surface area (Å²) >= 11 is 18.4. The molecule has 0 radical (unpaired) electrons. The van der Waals surface area contributed by atoms with E-state index < -0.39 is 34.0 Å². The van der Waals surface area contributed by atoms with E-state index in [9.17, 15) is 22.8 Å². The molecule has 5 rings (SSSR count). The Morgan fingerprint density at radius 2 is 1.80 bits per heavy atom. The number of benzene rings is 2. The van der Waals surface area contributed by atoms with Crippen molar-refractivity contribution in [2.75, 3.05) is 36.3 Å². The lowest BCUT2D eigenvalue weighted by Gasteiger charge is -2.35. The Morgan fingerprint density at radius 3 is 2.45 bits per heavy atom. The van der Waals surface area contributed by atoms with Crippen LogP contribution in [-0.4, -0.2) is 73.8 Å². The number of urea groups is 1. The van der Waals surface area contributed by atoms with Crippen molar-refractivity contribution < 1.29 is 27.5 Å². The molecule has 15 heteroatoms. The second-order valence-corrected chi connectivity index (χ2v) is 12.1. The summed E-state index contributed by atoms with van der Waals surface area (Å²) in [5.74, 6) is -1.15. The minimum atomic E-state index is -4.24. The van der Waals surface area contributed by atoms with Crippen molar-refractivity contribution in [2.24, 2.45) is 0 Å². The fourth-order valence-corrected chi connectivity index (χ4v) is 6.65. The molecular formula is C25H20Cl3N5O6S. The van der Waals surface area contributed by atoms with Crippen LogP contribution in [0, 0.1) is 0 Å². The molecule has 1 aromatic heterocycles. The molecule has 0 aliphatic carbocycles. The van der Waals surface area contributed by atoms with Gasteiger partial charge in [-0.25, -0.2) is 18.2 Å². The highest BCUT2D eigenvalue weighted by Gasteiger charge is 2.41. The van der Waals surface area contributed by atoms with Gasteiger partial charge in [-0.3, -0.25) is 18.8 Å². The van der Waals surface area contributed by atoms with Crippen molar-refractivity contribution in [2.45, 2.75) is 11.0 Å². The summed E-state index contributed by atoms with van der Waals surface area (Å²) in [6.07, 6.45) is 0.337. The van der Waals surface area contributed by atoms with Gasteiger partial charge in [0, 0.05) is 12.1 Å². The van der Waals surface area contributed by atoms with Gasteiger partial charge in [0.25, 0.3) is 15.9 Å². The number of carbonyl (C=O) groups excluding carboxylic acids is 3. The van der Waals surface area contributed by atoms with Gasteiger partial charge in [0.05, 0.1) is 45.5 Å². The Balaban J connectivity index is 1.51. The molecule has 1 N–H and O–H groups in total. The average Bonchev–Trinajstić information content (AvgIpc) is 3.14. The van der Waals surface area contributed by atoms with Crippen LogP contribution in [0.15, 0.2) is 59.6 Å². The Kier molecular flexibility index (Phi) is 7.53. The van der Waals surface area contributed by atoms with Gasteiger partial charge in [0.15, 0.2) is 0 Å². The number of pyridine rings is 1. The van der Waals surface area contributed by atoms with E-state index in [2.05, 4.69) is 10.3 Å². The summed E-state index contributed by atoms with van der Waals surface area (Å²) in [6, 6.07) is 11.2. The van der Waals surface area contributed by atoms with Crippen molar-refractivity contribution >= 4 is 74.0 Å². The lowest BCUT2D eigenvalue weighted by atomic mass is 10.2. The summed E-state index contributed by atoms with van der Waals surface area (Å²) in [5, 5.41) is 3.09. The average molecular weight is 625 g/mol. The number of anilines is 2. The molecule has 0 bridgehead atoms. The number of nitrogens with one attached hydrogen (secondary N) is 1. The van der Waals surface area contributed by atoms with Crippen LogP contribution in [0.5, 0.6) is 5.88 Å². The number of hydrogen-bond donors (Lipinski definition) is 1. The Morgan fingerprint density at radius 1 is 1.10 bits per heavy atom. The van der Waals surface area contributed by atoms with Gasteiger partial charge in [0.1, 0.15) is 18.3 Å². The smallest absolute Gasteiger partial charge is 0.327 e. The number of sulfonamides is 1. The monoisotopic (exact) mass is 623 g/mol. The predicted molar refractivity (Wildman–Crippen MR) is 149 cm³/mol. The molecule has 40 heavy (non-hydrogen) atoms. The minimum absolute atomic E-state index is 0.0236. The zero-order valence-corrected chi connectivity index (χ0v) is 23.8. The first-order valence-corrected chi connectivity index (χ1v) is 14.3. The van der Waals surface area contributed by atoms with Crippen LogP contribution < -0.4 is 14.4 Å². The van der Waals surface area contributed by atoms with Crippen molar-refractivity contribution in [3.8, 4) is 5.88 Å². The van der Waals surface area contributed by atoms with Crippen LogP contribution in [0.4, 0.5) is 16.2 Å². The van der Waals surface area contributed by atoms with E-state index in [0.717, 1.165) is 9.21 Å². The van der Waals surface area contributed by atoms with Gasteiger partial charge in [-0.05, 0) is 36.4 Å². The molecule has 2 aliphatic heterocycles. The summed E-state index contributed by atoms with van der Waals surface area (Å²) in [4.78, 5) is 44.1. The van der Waals surface area contributed by atoms with Gasteiger partial charge in [-0.2, -0.15) is 0 Å². The quantitative estimate of drug-likeness (QED) is 0.408. The van der Waals surface area contributed by atoms with Crippen LogP contribution in [0.3, 0.4) is 0 Å². The number of rotatable bonds is 6. The number of amides is 4. The summed E-state index contributed by atoms with van der Waals surface area (Å²) in [5.41, 5.74) is 0.197. The van der Waals surface area contributed by atoms with Crippen LogP contribution in [0.1, 0.15) is 10.4 Å². The van der Waals surface area contributed by atoms with Gasteiger partial charge in [0.2, 0.25) is 11.8 Å². The number of halogens is 3. The van der Waals surface area contributed by atoms with E-state index in [0.29, 0.717) is 0 Å². The molecule has 11 nitrogen and oxygen atoms in total. The van der Waals surface area contributed by atoms with Crippen LogP contribution in [0.2, 0.25) is 15.1 Å². The molecule has 0 saturated carbocycles. The molecule has 2 aromatic carbocycles. The van der Waals surface area contributed by atoms with Crippen molar-refractivity contribution in [1.82, 2.24) is 14.8 Å². The van der Waals surface area contributed by atoms with Crippen LogP contribution in [0.25, 0.3) is 0 Å². The van der Waals surface area contributed by atoms with E-state index in [-0.39, 0.29) is 62.4 Å². The van der Waals surface area contributed by atoms with Crippen LogP contribution >= 0.6 is 34.8 Å². The molecule has 1 saturated heterocycles. The highest BCUT2D eigenvalue weighted by Crippen LogP contribution is 2.38. The fourth-order valence-electron chi connectivity index (χ4n) is 4.29. The lowest BCUT2D eigenvalue weighted by Crippen LogP contribution is -2.50. The zero-order chi connectivity index (χ0) is 28.8. The molecule has 2 aliphatic rings. The third-order valence-corrected chi connectivity index (χ3v) is 8.84. The Hall–Kier alpha value is -3.58. The van der Waals surface area contributed by atoms with Crippen molar-refractivity contribution in [3.63, 3.8) is 0 Å². The maximum Gasteiger partial charge on any atom is 0.327 e. The molecule has 3 aromatic rings. The lowest BCUT2D eigenvalue weighted by molar-refractivity contribution is -0.126. The van der Waals surface area contributed by atoms with Gasteiger partial charge in [-0.15, -0.1) is 0 Å². The van der Waals surface area contributed by atoms with Gasteiger partial charge >= 0.3 is 6.03 Å². The van der Waals surface area contributed by atoms with E-state index in [1.165, 1.54) is 60.6 Å². The minimum Gasteiger partial charge on any atom is -0.469 e. The number of fused-ring (bicyclic) bond motifs is 1. The second kappa shape index (κ2) is 10.8. The Bertz CT molecular complexity index is 1630. The normalized spacial score (nSPS) is 17.1. The number of hydrogen-bond acceptors (Lipinski definition) is 7. The molecule has 208 valence electrons. The van der Waals surface area contributed by atoms with E-state index >= 15 is 0 Å². The highest BCUT2D eigenvalue weighted by atomic mass is 35.5. The predicted octanol–water partition coefficient (Wildman–Crippen LogP) is 4.14. The van der Waals surface area contributed by atoms with Crippen molar-refractivity contribution in [1.29, 1.82) is 0 Å². The second-order valence-electron chi connectivity index (χ2n) is 8.98. The molecule has 3 heterocycles. The molecule has 0 unspecified atom stereocenters. The maximum atomic E-state index is 13.8. The summed E-state index contributed by atoms with van der Waals surface area (Å²) in [6.45, 7) is -0.560. The molecule has 1 fully saturated rings. The molecule has 4 amide bonds. The molecule has 1 atom stereocenters. The summed E-state index contributed by atoms with van der Waals surface area (Å²) < 4.78 is 34.6. The van der Waals surface area contributed by atoms with Gasteiger partial charge in [-0.1, -0.05) is 46.9 Å². The van der Waals surface area contributed by atoms with E-state index in [1.807, 2.05) is 0 Å². The highest BCUT2D eigenvalue weighted by molar-refractivity contribution is 7.92. The fraction of sp³-hybridized carbons (Fsp3) is 0.200. The molecular weight excluding hydrogens is 605 g/mol.